The van der Waals surface area contributed by atoms with E-state index in [4.69, 9.17) is 10.5 Å². The number of ether oxygens (including phenoxy) is 1. The van der Waals surface area contributed by atoms with Gasteiger partial charge in [0.2, 0.25) is 12.3 Å². The molecule has 0 radical (unpaired) electrons. The van der Waals surface area contributed by atoms with Crippen LogP contribution >= 0.6 is 0 Å². The van der Waals surface area contributed by atoms with Crippen molar-refractivity contribution in [1.82, 2.24) is 5.32 Å². The summed E-state index contributed by atoms with van der Waals surface area (Å²) in [6.07, 6.45) is 1.72. The van der Waals surface area contributed by atoms with E-state index in [1.165, 1.54) is 0 Å². The molecule has 1 atom stereocenters. The zero-order chi connectivity index (χ0) is 14.8. The highest BCUT2D eigenvalue weighted by atomic mass is 16.5. The molecule has 0 heterocycles. The zero-order valence-electron chi connectivity index (χ0n) is 11.6. The summed E-state index contributed by atoms with van der Waals surface area (Å²) in [4.78, 5) is 22.5. The molecule has 110 valence electrons. The SMILES string of the molecule is COCc1ccc(NC(=O)[C@H](CCCN)NC=O)cc1. The monoisotopic (exact) mass is 279 g/mol. The second-order valence-electron chi connectivity index (χ2n) is 4.39. The molecule has 2 amide bonds. The fourth-order valence-electron chi connectivity index (χ4n) is 1.77. The van der Waals surface area contributed by atoms with E-state index in [0.29, 0.717) is 38.1 Å². The first kappa shape index (κ1) is 16.1. The van der Waals surface area contributed by atoms with Crippen molar-refractivity contribution in [2.24, 2.45) is 5.73 Å². The van der Waals surface area contributed by atoms with E-state index in [9.17, 15) is 9.59 Å². The van der Waals surface area contributed by atoms with Crippen molar-refractivity contribution in [2.45, 2.75) is 25.5 Å². The summed E-state index contributed by atoms with van der Waals surface area (Å²) in [5, 5.41) is 5.26. The fourth-order valence-corrected chi connectivity index (χ4v) is 1.77. The number of carbonyl (C=O) groups is 2. The van der Waals surface area contributed by atoms with Gasteiger partial charge in [-0.25, -0.2) is 0 Å². The lowest BCUT2D eigenvalue weighted by atomic mass is 10.1. The third-order valence-electron chi connectivity index (χ3n) is 2.82. The van der Waals surface area contributed by atoms with Gasteiger partial charge in [-0.15, -0.1) is 0 Å². The lowest BCUT2D eigenvalue weighted by molar-refractivity contribution is -0.121. The Morgan fingerprint density at radius 2 is 2.10 bits per heavy atom. The van der Waals surface area contributed by atoms with E-state index >= 15 is 0 Å². The van der Waals surface area contributed by atoms with Crippen molar-refractivity contribution in [3.8, 4) is 0 Å². The number of nitrogens with two attached hydrogens (primary N) is 1. The largest absolute Gasteiger partial charge is 0.380 e. The molecule has 0 bridgehead atoms. The number of anilines is 1. The summed E-state index contributed by atoms with van der Waals surface area (Å²) >= 11 is 0. The molecule has 0 aliphatic carbocycles. The third kappa shape index (κ3) is 5.38. The van der Waals surface area contributed by atoms with Crippen molar-refractivity contribution in [1.29, 1.82) is 0 Å². The Bertz CT molecular complexity index is 420. The lowest BCUT2D eigenvalue weighted by Gasteiger charge is -2.15. The number of methoxy groups -OCH3 is 1. The van der Waals surface area contributed by atoms with Crippen LogP contribution in [0.2, 0.25) is 0 Å². The van der Waals surface area contributed by atoms with Crippen LogP contribution in [0.15, 0.2) is 24.3 Å². The molecule has 6 heteroatoms. The maximum Gasteiger partial charge on any atom is 0.246 e. The Morgan fingerprint density at radius 3 is 2.65 bits per heavy atom. The molecule has 0 aromatic heterocycles. The maximum absolute atomic E-state index is 12.0. The normalized spacial score (nSPS) is 11.7. The summed E-state index contributed by atoms with van der Waals surface area (Å²) in [6.45, 7) is 1.01. The second kappa shape index (κ2) is 9.06. The molecule has 0 fully saturated rings. The number of hydrogen-bond acceptors (Lipinski definition) is 4. The topological polar surface area (TPSA) is 93.4 Å². The average Bonchev–Trinajstić information content (AvgIpc) is 2.45. The van der Waals surface area contributed by atoms with Gasteiger partial charge in [-0.05, 0) is 37.1 Å². The van der Waals surface area contributed by atoms with Gasteiger partial charge >= 0.3 is 0 Å². The Morgan fingerprint density at radius 1 is 1.40 bits per heavy atom. The number of amides is 2. The summed E-state index contributed by atoms with van der Waals surface area (Å²) < 4.78 is 5.02. The Balaban J connectivity index is 2.59. The first-order valence-electron chi connectivity index (χ1n) is 6.49. The molecule has 0 unspecified atom stereocenters. The molecule has 4 N–H and O–H groups in total. The highest BCUT2D eigenvalue weighted by molar-refractivity contribution is 5.95. The van der Waals surface area contributed by atoms with Crippen LogP contribution < -0.4 is 16.4 Å². The van der Waals surface area contributed by atoms with Gasteiger partial charge in [-0.2, -0.15) is 0 Å². The van der Waals surface area contributed by atoms with Gasteiger partial charge in [0, 0.05) is 12.8 Å². The van der Waals surface area contributed by atoms with Crippen LogP contribution in [0.25, 0.3) is 0 Å². The first-order valence-corrected chi connectivity index (χ1v) is 6.49. The summed E-state index contributed by atoms with van der Waals surface area (Å²) in [7, 11) is 1.63. The minimum absolute atomic E-state index is 0.245. The van der Waals surface area contributed by atoms with E-state index in [1.54, 1.807) is 19.2 Å². The Labute approximate surface area is 118 Å². The molecule has 1 aromatic carbocycles. The molecule has 20 heavy (non-hydrogen) atoms. The number of carbonyl (C=O) groups excluding carboxylic acids is 2. The van der Waals surface area contributed by atoms with Crippen LogP contribution in [0, 0.1) is 0 Å². The van der Waals surface area contributed by atoms with E-state index in [-0.39, 0.29) is 5.91 Å². The molecule has 0 spiro atoms. The first-order chi connectivity index (χ1) is 9.71. The minimum atomic E-state index is -0.560. The van der Waals surface area contributed by atoms with E-state index in [2.05, 4.69) is 10.6 Å². The summed E-state index contributed by atoms with van der Waals surface area (Å²) in [5.41, 5.74) is 7.12. The van der Waals surface area contributed by atoms with Gasteiger partial charge in [-0.1, -0.05) is 12.1 Å². The molecule has 0 aliphatic rings. The van der Waals surface area contributed by atoms with Crippen molar-refractivity contribution in [2.75, 3.05) is 19.0 Å². The molecule has 0 saturated heterocycles. The Kier molecular flexibility index (Phi) is 7.31. The molecule has 0 aliphatic heterocycles. The fraction of sp³-hybridized carbons (Fsp3) is 0.429. The van der Waals surface area contributed by atoms with Crippen LogP contribution in [-0.4, -0.2) is 32.0 Å². The summed E-state index contributed by atoms with van der Waals surface area (Å²) in [5.74, 6) is -0.245. The highest BCUT2D eigenvalue weighted by Gasteiger charge is 2.16. The van der Waals surface area contributed by atoms with Gasteiger partial charge in [0.15, 0.2) is 0 Å². The summed E-state index contributed by atoms with van der Waals surface area (Å²) in [6, 6.07) is 6.79. The van der Waals surface area contributed by atoms with Crippen LogP contribution in [0.3, 0.4) is 0 Å². The van der Waals surface area contributed by atoms with Crippen LogP contribution in [0.1, 0.15) is 18.4 Å². The number of benzene rings is 1. The van der Waals surface area contributed by atoms with Crippen LogP contribution in [-0.2, 0) is 20.9 Å². The van der Waals surface area contributed by atoms with Gasteiger partial charge in [0.25, 0.3) is 0 Å². The molecule has 1 aromatic rings. The second-order valence-corrected chi connectivity index (χ2v) is 4.39. The van der Waals surface area contributed by atoms with Gasteiger partial charge in [0.1, 0.15) is 6.04 Å². The molecular formula is C14H21N3O3. The van der Waals surface area contributed by atoms with Crippen LogP contribution in [0.5, 0.6) is 0 Å². The molecule has 0 saturated carbocycles. The average molecular weight is 279 g/mol. The van der Waals surface area contributed by atoms with Crippen molar-refractivity contribution >= 4 is 18.0 Å². The quantitative estimate of drug-likeness (QED) is 0.578. The number of nitrogens with one attached hydrogen (secondary N) is 2. The van der Waals surface area contributed by atoms with Gasteiger partial charge in [-0.3, -0.25) is 9.59 Å². The minimum Gasteiger partial charge on any atom is -0.380 e. The maximum atomic E-state index is 12.0. The molecular weight excluding hydrogens is 258 g/mol. The third-order valence-corrected chi connectivity index (χ3v) is 2.82. The standard InChI is InChI=1S/C14H21N3O3/c1-20-9-11-4-6-12(7-5-11)17-14(19)13(16-10-18)3-2-8-15/h4-7,10,13H,2-3,8-9,15H2,1H3,(H,16,18)(H,17,19)/t13-/m0/s1. The zero-order valence-corrected chi connectivity index (χ0v) is 11.6. The van der Waals surface area contributed by atoms with Crippen LogP contribution in [0.4, 0.5) is 5.69 Å². The predicted octanol–water partition coefficient (Wildman–Crippen LogP) is 0.625. The number of rotatable bonds is 9. The van der Waals surface area contributed by atoms with E-state index < -0.39 is 6.04 Å². The van der Waals surface area contributed by atoms with Crippen molar-refractivity contribution in [3.63, 3.8) is 0 Å². The van der Waals surface area contributed by atoms with Crippen molar-refractivity contribution in [3.05, 3.63) is 29.8 Å². The van der Waals surface area contributed by atoms with Gasteiger partial charge in [0.05, 0.1) is 6.61 Å². The molecule has 6 nitrogen and oxygen atoms in total. The van der Waals surface area contributed by atoms with Crippen molar-refractivity contribution < 1.29 is 14.3 Å². The highest BCUT2D eigenvalue weighted by Crippen LogP contribution is 2.11. The Hall–Kier alpha value is -1.92. The predicted molar refractivity (Wildman–Crippen MR) is 77.1 cm³/mol. The van der Waals surface area contributed by atoms with E-state index in [1.807, 2.05) is 12.1 Å². The smallest absolute Gasteiger partial charge is 0.246 e. The van der Waals surface area contributed by atoms with Gasteiger partial charge < -0.3 is 21.1 Å². The molecule has 1 rings (SSSR count). The lowest BCUT2D eigenvalue weighted by Crippen LogP contribution is -2.40. The van der Waals surface area contributed by atoms with E-state index in [0.717, 1.165) is 5.56 Å². The number of hydrogen-bond donors (Lipinski definition) is 3.